The van der Waals surface area contributed by atoms with Gasteiger partial charge in [0.15, 0.2) is 0 Å². The number of piperazine rings is 1. The fourth-order valence-corrected chi connectivity index (χ4v) is 3.50. The number of unbranched alkanes of at least 4 members (excludes halogenated alkanes) is 2. The minimum atomic E-state index is 0.796. The van der Waals surface area contributed by atoms with Gasteiger partial charge in [-0.2, -0.15) is 0 Å². The quantitative estimate of drug-likeness (QED) is 0.578. The number of benzene rings is 1. The molecule has 0 bridgehead atoms. The van der Waals surface area contributed by atoms with Crippen LogP contribution in [0.4, 0.5) is 11.4 Å². The average molecular weight is 334 g/mol. The van der Waals surface area contributed by atoms with Crippen molar-refractivity contribution in [2.75, 3.05) is 36.8 Å². The lowest BCUT2D eigenvalue weighted by Gasteiger charge is -2.40. The Morgan fingerprint density at radius 1 is 0.958 bits per heavy atom. The van der Waals surface area contributed by atoms with Crippen molar-refractivity contribution in [3.05, 3.63) is 24.3 Å². The molecule has 136 valence electrons. The second-order valence-corrected chi connectivity index (χ2v) is 6.55. The second kappa shape index (κ2) is 11.9. The van der Waals surface area contributed by atoms with Gasteiger partial charge in [-0.3, -0.25) is 4.90 Å². The summed E-state index contributed by atoms with van der Waals surface area (Å²) in [6.07, 6.45) is 8.12. The van der Waals surface area contributed by atoms with Gasteiger partial charge in [0, 0.05) is 43.6 Å². The maximum atomic E-state index is 8.00. The summed E-state index contributed by atoms with van der Waals surface area (Å²) < 4.78 is 0. The zero-order chi connectivity index (χ0) is 17.8. The molecule has 2 rings (SSSR count). The Balaban J connectivity index is 0.00000139. The number of nitrogens with zero attached hydrogens (tertiary/aromatic N) is 2. The van der Waals surface area contributed by atoms with Crippen LogP contribution in [0, 0.1) is 0 Å². The lowest BCUT2D eigenvalue weighted by Crippen LogP contribution is -2.50. The fraction of sp³-hybridized carbons (Fsp3) is 0.650. The molecule has 2 N–H and O–H groups in total. The first-order valence-corrected chi connectivity index (χ1v) is 9.38. The van der Waals surface area contributed by atoms with Crippen LogP contribution in [0.2, 0.25) is 0 Å². The Labute approximate surface area is 148 Å². The Hall–Kier alpha value is -1.55. The molecule has 0 amide bonds. The Morgan fingerprint density at radius 3 is 2.12 bits per heavy atom. The lowest BCUT2D eigenvalue weighted by atomic mass is 10.0. The molecule has 1 aromatic carbocycles. The minimum Gasteiger partial charge on any atom is -0.399 e. The number of hydrogen-bond donors (Lipinski definition) is 1. The van der Waals surface area contributed by atoms with Crippen molar-refractivity contribution in [3.8, 4) is 0 Å². The molecule has 1 aliphatic heterocycles. The highest BCUT2D eigenvalue weighted by Crippen LogP contribution is 2.21. The predicted molar refractivity (Wildman–Crippen MR) is 105 cm³/mol. The van der Waals surface area contributed by atoms with Gasteiger partial charge in [-0.25, -0.2) is 0 Å². The van der Waals surface area contributed by atoms with Crippen molar-refractivity contribution in [3.63, 3.8) is 0 Å². The van der Waals surface area contributed by atoms with E-state index in [2.05, 4.69) is 35.8 Å². The second-order valence-electron chi connectivity index (χ2n) is 6.55. The van der Waals surface area contributed by atoms with Gasteiger partial charge < -0.3 is 15.4 Å². The summed E-state index contributed by atoms with van der Waals surface area (Å²) in [5, 5.41) is 0. The summed E-state index contributed by atoms with van der Waals surface area (Å²) >= 11 is 0. The number of rotatable bonds is 8. The molecule has 4 heteroatoms. The fourth-order valence-electron chi connectivity index (χ4n) is 3.50. The maximum absolute atomic E-state index is 8.00. The van der Waals surface area contributed by atoms with Crippen LogP contribution in [0.25, 0.3) is 0 Å². The highest BCUT2D eigenvalue weighted by molar-refractivity contribution is 5.53. The molecule has 4 nitrogen and oxygen atoms in total. The molecule has 1 atom stereocenters. The van der Waals surface area contributed by atoms with E-state index >= 15 is 0 Å². The number of nitrogens with two attached hydrogens (primary N) is 1. The topological polar surface area (TPSA) is 49.6 Å². The van der Waals surface area contributed by atoms with Crippen LogP contribution in [-0.4, -0.2) is 43.9 Å². The first-order chi connectivity index (χ1) is 11.7. The van der Waals surface area contributed by atoms with Gasteiger partial charge in [-0.1, -0.05) is 39.5 Å². The molecule has 1 aromatic rings. The summed E-state index contributed by atoms with van der Waals surface area (Å²) in [6, 6.07) is 9.11. The van der Waals surface area contributed by atoms with Gasteiger partial charge in [-0.15, -0.1) is 0 Å². The zero-order valence-corrected chi connectivity index (χ0v) is 15.5. The van der Waals surface area contributed by atoms with Crippen molar-refractivity contribution >= 4 is 18.2 Å². The number of carbonyl (C=O) groups is 1. The SMILES string of the molecule is C=O.CCCCCC(CCC)N1CCN(c2ccc(N)cc2)CC1. The van der Waals surface area contributed by atoms with E-state index in [0.29, 0.717) is 0 Å². The molecule has 1 heterocycles. The molecule has 1 unspecified atom stereocenters. The van der Waals surface area contributed by atoms with Gasteiger partial charge in [0.1, 0.15) is 6.79 Å². The summed E-state index contributed by atoms with van der Waals surface area (Å²) in [4.78, 5) is 13.2. The number of nitrogen functional groups attached to an aromatic ring is 1. The molecule has 0 saturated carbocycles. The standard InChI is InChI=1S/C19H33N3.CH2O/c1-3-5-6-8-18(7-4-2)21-13-15-22(16-14-21)19-11-9-17(20)10-12-19;1-2/h9-12,18H,3-8,13-16,20H2,1-2H3;1H2. The number of anilines is 2. The first kappa shape index (κ1) is 20.5. The maximum Gasteiger partial charge on any atom is 0.106 e. The Kier molecular flexibility index (Phi) is 10.2. The molecule has 24 heavy (non-hydrogen) atoms. The normalized spacial score (nSPS) is 16.3. The van der Waals surface area contributed by atoms with E-state index in [1.165, 1.54) is 57.3 Å². The predicted octanol–water partition coefficient (Wildman–Crippen LogP) is 3.95. The van der Waals surface area contributed by atoms with Crippen molar-refractivity contribution in [2.45, 2.75) is 58.4 Å². The van der Waals surface area contributed by atoms with E-state index in [9.17, 15) is 0 Å². The van der Waals surface area contributed by atoms with E-state index in [4.69, 9.17) is 10.5 Å². The lowest BCUT2D eigenvalue weighted by molar-refractivity contribution is -0.0979. The summed E-state index contributed by atoms with van der Waals surface area (Å²) in [5.41, 5.74) is 7.94. The largest absolute Gasteiger partial charge is 0.399 e. The van der Waals surface area contributed by atoms with E-state index in [0.717, 1.165) is 24.8 Å². The molecule has 1 saturated heterocycles. The van der Waals surface area contributed by atoms with Gasteiger partial charge in [0.25, 0.3) is 0 Å². The van der Waals surface area contributed by atoms with Crippen LogP contribution in [0.15, 0.2) is 24.3 Å². The summed E-state index contributed by atoms with van der Waals surface area (Å²) in [7, 11) is 0. The van der Waals surface area contributed by atoms with Crippen LogP contribution < -0.4 is 10.6 Å². The molecule has 0 spiro atoms. The van der Waals surface area contributed by atoms with Crippen LogP contribution in [0.3, 0.4) is 0 Å². The van der Waals surface area contributed by atoms with Crippen molar-refractivity contribution in [2.24, 2.45) is 0 Å². The zero-order valence-electron chi connectivity index (χ0n) is 15.5. The van der Waals surface area contributed by atoms with E-state index in [1.54, 1.807) is 0 Å². The smallest absolute Gasteiger partial charge is 0.106 e. The number of carbonyl (C=O) groups excluding carboxylic acids is 1. The Morgan fingerprint density at radius 2 is 1.58 bits per heavy atom. The number of hydrogen-bond acceptors (Lipinski definition) is 4. The minimum absolute atomic E-state index is 0.796. The third kappa shape index (κ3) is 6.52. The van der Waals surface area contributed by atoms with Gasteiger partial charge in [0.2, 0.25) is 0 Å². The molecule has 1 fully saturated rings. The van der Waals surface area contributed by atoms with E-state index in [1.807, 2.05) is 18.9 Å². The monoisotopic (exact) mass is 333 g/mol. The molecule has 0 radical (unpaired) electrons. The van der Waals surface area contributed by atoms with Crippen LogP contribution in [0.5, 0.6) is 0 Å². The molecule has 1 aliphatic rings. The van der Waals surface area contributed by atoms with Crippen molar-refractivity contribution < 1.29 is 4.79 Å². The van der Waals surface area contributed by atoms with Gasteiger partial charge >= 0.3 is 0 Å². The van der Waals surface area contributed by atoms with Gasteiger partial charge in [-0.05, 0) is 37.1 Å². The van der Waals surface area contributed by atoms with E-state index < -0.39 is 0 Å². The van der Waals surface area contributed by atoms with Gasteiger partial charge in [0.05, 0.1) is 0 Å². The summed E-state index contributed by atoms with van der Waals surface area (Å²) in [5.74, 6) is 0. The van der Waals surface area contributed by atoms with Crippen molar-refractivity contribution in [1.82, 2.24) is 4.90 Å². The highest BCUT2D eigenvalue weighted by atomic mass is 16.1. The third-order valence-corrected chi connectivity index (χ3v) is 4.85. The van der Waals surface area contributed by atoms with E-state index in [-0.39, 0.29) is 0 Å². The highest BCUT2D eigenvalue weighted by Gasteiger charge is 2.23. The molecular formula is C20H35N3O. The molecule has 0 aliphatic carbocycles. The molecule has 0 aromatic heterocycles. The van der Waals surface area contributed by atoms with Crippen LogP contribution in [0.1, 0.15) is 52.4 Å². The first-order valence-electron chi connectivity index (χ1n) is 9.38. The molecular weight excluding hydrogens is 298 g/mol. The van der Waals surface area contributed by atoms with Crippen LogP contribution >= 0.6 is 0 Å². The summed E-state index contributed by atoms with van der Waals surface area (Å²) in [6.45, 7) is 11.3. The average Bonchev–Trinajstić information content (AvgIpc) is 2.64. The third-order valence-electron chi connectivity index (χ3n) is 4.85. The Bertz CT molecular complexity index is 427. The van der Waals surface area contributed by atoms with Crippen LogP contribution in [-0.2, 0) is 4.79 Å². The van der Waals surface area contributed by atoms with Crippen molar-refractivity contribution in [1.29, 1.82) is 0 Å².